The number of hydrogen-bond donors (Lipinski definition) is 0. The van der Waals surface area contributed by atoms with Crippen LogP contribution in [0.5, 0.6) is 11.5 Å². The van der Waals surface area contributed by atoms with Crippen LogP contribution >= 0.6 is 11.6 Å². The first-order chi connectivity index (χ1) is 13.9. The fourth-order valence-corrected chi connectivity index (χ4v) is 3.15. The number of hydrogen-bond acceptors (Lipinski definition) is 6. The van der Waals surface area contributed by atoms with Crippen LogP contribution in [0.3, 0.4) is 0 Å². The van der Waals surface area contributed by atoms with Crippen molar-refractivity contribution < 1.29 is 23.4 Å². The van der Waals surface area contributed by atoms with Crippen molar-refractivity contribution in [2.75, 3.05) is 14.2 Å². The summed E-state index contributed by atoms with van der Waals surface area (Å²) in [5.41, 5.74) is 2.15. The molecule has 0 aliphatic heterocycles. The third-order valence-corrected chi connectivity index (χ3v) is 4.50. The average molecular weight is 415 g/mol. The SMILES string of the molecule is COc1cc(C=CC(=O)OCc2cc(=O)oc3cc(C)ccc23)cc(Cl)c1OC. The predicted octanol–water partition coefficient (Wildman–Crippen LogP) is 4.53. The van der Waals surface area contributed by atoms with Crippen LogP contribution < -0.4 is 15.1 Å². The number of fused-ring (bicyclic) bond motifs is 1. The molecule has 0 amide bonds. The van der Waals surface area contributed by atoms with Crippen molar-refractivity contribution >= 4 is 34.6 Å². The summed E-state index contributed by atoms with van der Waals surface area (Å²) >= 11 is 6.16. The van der Waals surface area contributed by atoms with Crippen molar-refractivity contribution in [2.24, 2.45) is 0 Å². The standard InChI is InChI=1S/C22H19ClO6/c1-13-4-6-16-15(11-21(25)29-18(16)8-13)12-28-20(24)7-5-14-9-17(23)22(27-3)19(10-14)26-2/h4-11H,12H2,1-3H3. The summed E-state index contributed by atoms with van der Waals surface area (Å²) in [6, 6.07) is 10.1. The van der Waals surface area contributed by atoms with Gasteiger partial charge < -0.3 is 18.6 Å². The van der Waals surface area contributed by atoms with Crippen molar-refractivity contribution in [3.05, 3.63) is 74.6 Å². The zero-order valence-corrected chi connectivity index (χ0v) is 16.9. The molecule has 0 spiro atoms. The molecule has 0 aliphatic rings. The van der Waals surface area contributed by atoms with Crippen molar-refractivity contribution in [3.63, 3.8) is 0 Å². The van der Waals surface area contributed by atoms with E-state index in [1.54, 1.807) is 24.3 Å². The molecule has 0 radical (unpaired) electrons. The van der Waals surface area contributed by atoms with Crippen LogP contribution in [-0.4, -0.2) is 20.2 Å². The Morgan fingerprint density at radius 2 is 1.93 bits per heavy atom. The molecule has 0 saturated carbocycles. The molecule has 0 aliphatic carbocycles. The number of aryl methyl sites for hydroxylation is 1. The Morgan fingerprint density at radius 3 is 2.66 bits per heavy atom. The lowest BCUT2D eigenvalue weighted by atomic mass is 10.1. The van der Waals surface area contributed by atoms with Crippen LogP contribution in [0.1, 0.15) is 16.7 Å². The molecule has 0 atom stereocenters. The zero-order chi connectivity index (χ0) is 21.0. The molecule has 6 nitrogen and oxygen atoms in total. The van der Waals surface area contributed by atoms with Gasteiger partial charge >= 0.3 is 11.6 Å². The van der Waals surface area contributed by atoms with Crippen molar-refractivity contribution in [3.8, 4) is 11.5 Å². The Balaban J connectivity index is 1.75. The molecule has 3 aromatic rings. The van der Waals surface area contributed by atoms with E-state index in [2.05, 4.69) is 0 Å². The van der Waals surface area contributed by atoms with E-state index >= 15 is 0 Å². The van der Waals surface area contributed by atoms with Crippen molar-refractivity contribution in [2.45, 2.75) is 13.5 Å². The third kappa shape index (κ3) is 4.78. The number of ether oxygens (including phenoxy) is 3. The highest BCUT2D eigenvalue weighted by Gasteiger charge is 2.11. The summed E-state index contributed by atoms with van der Waals surface area (Å²) in [4.78, 5) is 23.9. The maximum absolute atomic E-state index is 12.1. The molecule has 0 saturated heterocycles. The van der Waals surface area contributed by atoms with E-state index in [-0.39, 0.29) is 6.61 Å². The Hall–Kier alpha value is -3.25. The number of rotatable bonds is 6. The van der Waals surface area contributed by atoms with Crippen LogP contribution in [0.4, 0.5) is 0 Å². The molecule has 1 aromatic heterocycles. The fraction of sp³-hybridized carbons (Fsp3) is 0.182. The van der Waals surface area contributed by atoms with Gasteiger partial charge in [-0.1, -0.05) is 23.7 Å². The number of carbonyl (C=O) groups is 1. The highest BCUT2D eigenvalue weighted by Crippen LogP contribution is 2.36. The highest BCUT2D eigenvalue weighted by molar-refractivity contribution is 6.32. The summed E-state index contributed by atoms with van der Waals surface area (Å²) in [6.07, 6.45) is 2.83. The van der Waals surface area contributed by atoms with E-state index in [4.69, 9.17) is 30.2 Å². The molecule has 0 N–H and O–H groups in total. The third-order valence-electron chi connectivity index (χ3n) is 4.22. The minimum atomic E-state index is -0.565. The van der Waals surface area contributed by atoms with Crippen molar-refractivity contribution in [1.82, 2.24) is 0 Å². The van der Waals surface area contributed by atoms with Crippen LogP contribution in [-0.2, 0) is 16.1 Å². The van der Waals surface area contributed by atoms with Crippen LogP contribution in [0.2, 0.25) is 5.02 Å². The van der Waals surface area contributed by atoms with Gasteiger partial charge in [0, 0.05) is 23.1 Å². The summed E-state index contributed by atoms with van der Waals surface area (Å²) in [5, 5.41) is 1.08. The minimum Gasteiger partial charge on any atom is -0.493 e. The van der Waals surface area contributed by atoms with E-state index in [0.717, 1.165) is 10.9 Å². The van der Waals surface area contributed by atoms with Gasteiger partial charge in [0.25, 0.3) is 0 Å². The molecule has 2 aromatic carbocycles. The van der Waals surface area contributed by atoms with Gasteiger partial charge in [-0.25, -0.2) is 9.59 Å². The monoisotopic (exact) mass is 414 g/mol. The number of carbonyl (C=O) groups excluding carboxylic acids is 1. The van der Waals surface area contributed by atoms with Gasteiger partial charge in [0.15, 0.2) is 11.5 Å². The van der Waals surface area contributed by atoms with E-state index < -0.39 is 11.6 Å². The topological polar surface area (TPSA) is 75.0 Å². The molecule has 0 bridgehead atoms. The second-order valence-corrected chi connectivity index (χ2v) is 6.68. The number of halogens is 1. The van der Waals surface area contributed by atoms with Gasteiger partial charge in [-0.2, -0.15) is 0 Å². The van der Waals surface area contributed by atoms with Gasteiger partial charge in [-0.3, -0.25) is 0 Å². The fourth-order valence-electron chi connectivity index (χ4n) is 2.85. The quantitative estimate of drug-likeness (QED) is 0.335. The van der Waals surface area contributed by atoms with Crippen molar-refractivity contribution in [1.29, 1.82) is 0 Å². The van der Waals surface area contributed by atoms with Gasteiger partial charge in [0.2, 0.25) is 0 Å². The lowest BCUT2D eigenvalue weighted by molar-refractivity contribution is -0.138. The highest BCUT2D eigenvalue weighted by atomic mass is 35.5. The maximum Gasteiger partial charge on any atom is 0.336 e. The van der Waals surface area contributed by atoms with E-state index in [0.29, 0.717) is 33.2 Å². The molecule has 29 heavy (non-hydrogen) atoms. The lowest BCUT2D eigenvalue weighted by Crippen LogP contribution is -2.05. The lowest BCUT2D eigenvalue weighted by Gasteiger charge is -2.10. The molecule has 3 rings (SSSR count). The maximum atomic E-state index is 12.1. The molecule has 0 unspecified atom stereocenters. The van der Waals surface area contributed by atoms with Crippen LogP contribution in [0.25, 0.3) is 17.0 Å². The number of benzene rings is 2. The summed E-state index contributed by atoms with van der Waals surface area (Å²) < 4.78 is 20.9. The van der Waals surface area contributed by atoms with E-state index in [9.17, 15) is 9.59 Å². The summed E-state index contributed by atoms with van der Waals surface area (Å²) in [5.74, 6) is 0.300. The van der Waals surface area contributed by atoms with E-state index in [1.807, 2.05) is 19.1 Å². The zero-order valence-electron chi connectivity index (χ0n) is 16.2. The number of methoxy groups -OCH3 is 2. The first-order valence-corrected chi connectivity index (χ1v) is 9.09. The Kier molecular flexibility index (Phi) is 6.24. The summed E-state index contributed by atoms with van der Waals surface area (Å²) in [7, 11) is 2.99. The molecular formula is C22H19ClO6. The second-order valence-electron chi connectivity index (χ2n) is 6.27. The Morgan fingerprint density at radius 1 is 1.14 bits per heavy atom. The smallest absolute Gasteiger partial charge is 0.336 e. The molecule has 150 valence electrons. The van der Waals surface area contributed by atoms with Gasteiger partial charge in [0.1, 0.15) is 12.2 Å². The predicted molar refractivity (Wildman–Crippen MR) is 111 cm³/mol. The first-order valence-electron chi connectivity index (χ1n) is 8.71. The Labute approximate surface area is 172 Å². The van der Waals surface area contributed by atoms with Crippen LogP contribution in [0, 0.1) is 6.92 Å². The van der Waals surface area contributed by atoms with E-state index in [1.165, 1.54) is 26.4 Å². The summed E-state index contributed by atoms with van der Waals surface area (Å²) in [6.45, 7) is 1.85. The minimum absolute atomic E-state index is 0.0545. The molecule has 7 heteroatoms. The Bertz CT molecular complexity index is 1150. The largest absolute Gasteiger partial charge is 0.493 e. The molecule has 0 fully saturated rings. The second kappa shape index (κ2) is 8.84. The first kappa shape index (κ1) is 20.5. The van der Waals surface area contributed by atoms with Crippen LogP contribution in [0.15, 0.2) is 51.7 Å². The van der Waals surface area contributed by atoms with Gasteiger partial charge in [-0.05, 0) is 42.3 Å². The average Bonchev–Trinajstić information content (AvgIpc) is 2.69. The van der Waals surface area contributed by atoms with Gasteiger partial charge in [0.05, 0.1) is 19.2 Å². The number of esters is 1. The normalized spacial score (nSPS) is 11.0. The van der Waals surface area contributed by atoms with Gasteiger partial charge in [-0.15, -0.1) is 0 Å². The molecular weight excluding hydrogens is 396 g/mol. The molecule has 1 heterocycles.